The molecule has 2 unspecified atom stereocenters. The van der Waals surface area contributed by atoms with Gasteiger partial charge in [-0.3, -0.25) is 14.4 Å². The van der Waals surface area contributed by atoms with Crippen LogP contribution in [0.2, 0.25) is 0 Å². The molecule has 1 aliphatic carbocycles. The first-order chi connectivity index (χ1) is 7.90. The minimum absolute atomic E-state index is 0.0361. The monoisotopic (exact) mass is 257 g/mol. The van der Waals surface area contributed by atoms with Crippen LogP contribution in [0.15, 0.2) is 0 Å². The second-order valence-electron chi connectivity index (χ2n) is 4.58. The van der Waals surface area contributed by atoms with Gasteiger partial charge >= 0.3 is 0 Å². The lowest BCUT2D eigenvalue weighted by Crippen LogP contribution is -2.40. The number of nitrogens with one attached hydrogen (secondary N) is 1. The quantitative estimate of drug-likeness (QED) is 0.829. The lowest BCUT2D eigenvalue weighted by Gasteiger charge is -2.14. The Morgan fingerprint density at radius 1 is 1.24 bits per heavy atom. The Kier molecular flexibility index (Phi) is 5.18. The molecule has 0 aliphatic heterocycles. The first-order valence-electron chi connectivity index (χ1n) is 5.88. The van der Waals surface area contributed by atoms with Crippen LogP contribution in [0.3, 0.4) is 0 Å². The fourth-order valence-electron chi connectivity index (χ4n) is 1.95. The highest BCUT2D eigenvalue weighted by Gasteiger charge is 2.31. The summed E-state index contributed by atoms with van der Waals surface area (Å²) in [6, 6.07) is -0.415. The third kappa shape index (κ3) is 4.50. The molecular weight excluding hydrogens is 238 g/mol. The summed E-state index contributed by atoms with van der Waals surface area (Å²) in [6.45, 7) is 4.71. The molecule has 1 fully saturated rings. The first kappa shape index (κ1) is 14.2. The summed E-state index contributed by atoms with van der Waals surface area (Å²) in [5, 5.41) is 3.08. The highest BCUT2D eigenvalue weighted by Crippen LogP contribution is 2.34. The lowest BCUT2D eigenvalue weighted by atomic mass is 10.1. The second kappa shape index (κ2) is 6.19. The van der Waals surface area contributed by atoms with Gasteiger partial charge in [-0.05, 0) is 33.1 Å². The fraction of sp³-hybridized carbons (Fsp3) is 0.750. The molecule has 0 aromatic heterocycles. The van der Waals surface area contributed by atoms with Gasteiger partial charge in [0.25, 0.3) is 0 Å². The van der Waals surface area contributed by atoms with E-state index in [9.17, 15) is 14.4 Å². The summed E-state index contributed by atoms with van der Waals surface area (Å²) in [6.07, 6.45) is 2.44. The van der Waals surface area contributed by atoms with E-state index in [2.05, 4.69) is 5.32 Å². The topological polar surface area (TPSA) is 63.2 Å². The third-order valence-electron chi connectivity index (χ3n) is 3.06. The van der Waals surface area contributed by atoms with Gasteiger partial charge in [-0.1, -0.05) is 11.8 Å². The van der Waals surface area contributed by atoms with E-state index in [0.717, 1.165) is 19.3 Å². The first-order valence-corrected chi connectivity index (χ1v) is 6.76. The summed E-state index contributed by atoms with van der Waals surface area (Å²) in [5.41, 5.74) is 0. The molecule has 1 amide bonds. The molecule has 0 radical (unpaired) electrons. The van der Waals surface area contributed by atoms with E-state index < -0.39 is 6.04 Å². The van der Waals surface area contributed by atoms with Crippen LogP contribution in [0.1, 0.15) is 40.0 Å². The van der Waals surface area contributed by atoms with Crippen LogP contribution in [-0.4, -0.2) is 28.1 Å². The van der Waals surface area contributed by atoms with E-state index in [0.29, 0.717) is 0 Å². The van der Waals surface area contributed by atoms with Gasteiger partial charge in [-0.25, -0.2) is 0 Å². The maximum atomic E-state index is 11.8. The number of amides is 1. The summed E-state index contributed by atoms with van der Waals surface area (Å²) in [4.78, 5) is 33.8. The van der Waals surface area contributed by atoms with Crippen molar-refractivity contribution >= 4 is 28.6 Å². The van der Waals surface area contributed by atoms with E-state index in [1.165, 1.54) is 18.7 Å². The van der Waals surface area contributed by atoms with Gasteiger partial charge in [0, 0.05) is 18.1 Å². The van der Waals surface area contributed by atoms with Crippen molar-refractivity contribution in [2.45, 2.75) is 51.3 Å². The molecule has 1 N–H and O–H groups in total. The zero-order valence-corrected chi connectivity index (χ0v) is 11.3. The molecule has 1 saturated carbocycles. The molecule has 0 bridgehead atoms. The average molecular weight is 257 g/mol. The molecule has 96 valence electrons. The SMILES string of the molecule is CC(=O)SC1CCC(C(=O)N[C@@H](C)C(C)=O)C1. The number of thioether (sulfide) groups is 1. The van der Waals surface area contributed by atoms with Crippen molar-refractivity contribution in [1.29, 1.82) is 0 Å². The molecule has 0 heterocycles. The van der Waals surface area contributed by atoms with Gasteiger partial charge in [0.2, 0.25) is 5.91 Å². The minimum atomic E-state index is -0.415. The van der Waals surface area contributed by atoms with Gasteiger partial charge in [0.15, 0.2) is 10.9 Å². The third-order valence-corrected chi connectivity index (χ3v) is 4.15. The molecule has 0 saturated heterocycles. The lowest BCUT2D eigenvalue weighted by molar-refractivity contribution is -0.129. The molecular formula is C12H19NO3S. The minimum Gasteiger partial charge on any atom is -0.346 e. The largest absolute Gasteiger partial charge is 0.346 e. The van der Waals surface area contributed by atoms with Crippen molar-refractivity contribution in [2.75, 3.05) is 0 Å². The van der Waals surface area contributed by atoms with Gasteiger partial charge in [0.05, 0.1) is 6.04 Å². The predicted molar refractivity (Wildman–Crippen MR) is 67.7 cm³/mol. The van der Waals surface area contributed by atoms with Crippen LogP contribution in [0.25, 0.3) is 0 Å². The number of carbonyl (C=O) groups excluding carboxylic acids is 3. The Hall–Kier alpha value is -0.840. The van der Waals surface area contributed by atoms with E-state index in [4.69, 9.17) is 0 Å². The van der Waals surface area contributed by atoms with Crippen LogP contribution in [0.4, 0.5) is 0 Å². The molecule has 0 aromatic carbocycles. The molecule has 1 rings (SSSR count). The van der Waals surface area contributed by atoms with Gasteiger partial charge in [-0.2, -0.15) is 0 Å². The Morgan fingerprint density at radius 2 is 1.88 bits per heavy atom. The number of hydrogen-bond donors (Lipinski definition) is 1. The van der Waals surface area contributed by atoms with Crippen LogP contribution in [0, 0.1) is 5.92 Å². The molecule has 3 atom stereocenters. The van der Waals surface area contributed by atoms with Crippen LogP contribution in [0.5, 0.6) is 0 Å². The highest BCUT2D eigenvalue weighted by molar-refractivity contribution is 8.14. The maximum Gasteiger partial charge on any atom is 0.223 e. The standard InChI is InChI=1S/C12H19NO3S/c1-7(8(2)14)13-12(16)10-4-5-11(6-10)17-9(3)15/h7,10-11H,4-6H2,1-3H3,(H,13,16)/t7-,10?,11?/m0/s1. The van der Waals surface area contributed by atoms with Crippen molar-refractivity contribution in [3.05, 3.63) is 0 Å². The zero-order chi connectivity index (χ0) is 13.0. The summed E-state index contributed by atoms with van der Waals surface area (Å²) >= 11 is 1.32. The van der Waals surface area contributed by atoms with Crippen LogP contribution < -0.4 is 5.32 Å². The van der Waals surface area contributed by atoms with E-state index in [-0.39, 0.29) is 28.0 Å². The Morgan fingerprint density at radius 3 is 2.41 bits per heavy atom. The zero-order valence-electron chi connectivity index (χ0n) is 10.5. The summed E-state index contributed by atoms with van der Waals surface area (Å²) in [5.74, 6) is -0.140. The van der Waals surface area contributed by atoms with E-state index >= 15 is 0 Å². The second-order valence-corrected chi connectivity index (χ2v) is 6.06. The van der Waals surface area contributed by atoms with Crippen molar-refractivity contribution in [2.24, 2.45) is 5.92 Å². The number of Topliss-reactive ketones (excluding diaryl/α,β-unsaturated/α-hetero) is 1. The maximum absolute atomic E-state index is 11.8. The summed E-state index contributed by atoms with van der Waals surface area (Å²) < 4.78 is 0. The molecule has 5 heteroatoms. The van der Waals surface area contributed by atoms with Gasteiger partial charge < -0.3 is 5.32 Å². The van der Waals surface area contributed by atoms with Crippen molar-refractivity contribution in [3.8, 4) is 0 Å². The molecule has 17 heavy (non-hydrogen) atoms. The average Bonchev–Trinajstić information content (AvgIpc) is 2.64. The number of rotatable bonds is 4. The molecule has 0 aromatic rings. The summed E-state index contributed by atoms with van der Waals surface area (Å²) in [7, 11) is 0. The smallest absolute Gasteiger partial charge is 0.223 e. The molecule has 0 spiro atoms. The Bertz CT molecular complexity index is 330. The van der Waals surface area contributed by atoms with Crippen molar-refractivity contribution < 1.29 is 14.4 Å². The van der Waals surface area contributed by atoms with E-state index in [1.54, 1.807) is 13.8 Å². The Labute approximate surface area is 106 Å². The normalized spacial score (nSPS) is 25.4. The van der Waals surface area contributed by atoms with Crippen LogP contribution >= 0.6 is 11.8 Å². The van der Waals surface area contributed by atoms with Crippen molar-refractivity contribution in [1.82, 2.24) is 5.32 Å². The highest BCUT2D eigenvalue weighted by atomic mass is 32.2. The fourth-order valence-corrected chi connectivity index (χ4v) is 3.00. The Balaban J connectivity index is 2.40. The number of ketones is 1. The van der Waals surface area contributed by atoms with Crippen molar-refractivity contribution in [3.63, 3.8) is 0 Å². The van der Waals surface area contributed by atoms with E-state index in [1.807, 2.05) is 0 Å². The number of carbonyl (C=O) groups is 3. The predicted octanol–water partition coefficient (Wildman–Crippen LogP) is 1.53. The molecule has 1 aliphatic rings. The van der Waals surface area contributed by atoms with Gasteiger partial charge in [-0.15, -0.1) is 0 Å². The van der Waals surface area contributed by atoms with Gasteiger partial charge in [0.1, 0.15) is 0 Å². The molecule has 4 nitrogen and oxygen atoms in total. The van der Waals surface area contributed by atoms with Crippen LogP contribution in [-0.2, 0) is 14.4 Å². The number of hydrogen-bond acceptors (Lipinski definition) is 4.